The number of likely N-dealkylation sites (N-methyl/N-ethyl adjacent to an activating group) is 1. The van der Waals surface area contributed by atoms with Crippen molar-refractivity contribution in [3.8, 4) is 0 Å². The van der Waals surface area contributed by atoms with Gasteiger partial charge in [-0.3, -0.25) is 4.90 Å². The minimum Gasteiger partial charge on any atom is -0.313 e. The van der Waals surface area contributed by atoms with Crippen molar-refractivity contribution in [2.24, 2.45) is 0 Å². The molecule has 0 spiro atoms. The fraction of sp³-hybridized carbons (Fsp3) is 0.500. The molecule has 0 heterocycles. The SMILES string of the molecule is C=C(C)CN(CC)Cc1cc(CNCC)ccc1F. The first kappa shape index (κ1) is 15.9. The molecule has 0 fully saturated rings. The van der Waals surface area contributed by atoms with Crippen LogP contribution in [0.4, 0.5) is 4.39 Å². The zero-order valence-electron chi connectivity index (χ0n) is 12.3. The summed E-state index contributed by atoms with van der Waals surface area (Å²) < 4.78 is 13.9. The number of nitrogens with one attached hydrogen (secondary N) is 1. The zero-order chi connectivity index (χ0) is 14.3. The largest absolute Gasteiger partial charge is 0.313 e. The van der Waals surface area contributed by atoms with Crippen molar-refractivity contribution >= 4 is 0 Å². The van der Waals surface area contributed by atoms with E-state index in [9.17, 15) is 4.39 Å². The molecule has 1 aromatic rings. The normalized spacial score (nSPS) is 11.0. The molecule has 0 unspecified atom stereocenters. The summed E-state index contributed by atoms with van der Waals surface area (Å²) in [5.74, 6) is -0.125. The van der Waals surface area contributed by atoms with Crippen molar-refractivity contribution in [3.63, 3.8) is 0 Å². The van der Waals surface area contributed by atoms with Gasteiger partial charge in [0, 0.05) is 25.2 Å². The highest BCUT2D eigenvalue weighted by Gasteiger charge is 2.09. The van der Waals surface area contributed by atoms with Crippen LogP contribution in [0.5, 0.6) is 0 Å². The van der Waals surface area contributed by atoms with Crippen molar-refractivity contribution in [2.45, 2.75) is 33.9 Å². The summed E-state index contributed by atoms with van der Waals surface area (Å²) in [6.07, 6.45) is 0. The van der Waals surface area contributed by atoms with Crippen LogP contribution in [0.2, 0.25) is 0 Å². The standard InChI is InChI=1S/C16H25FN2/c1-5-18-10-14-7-8-16(17)15(9-14)12-19(6-2)11-13(3)4/h7-9,18H,3,5-6,10-12H2,1-2,4H3. The number of rotatable bonds is 8. The van der Waals surface area contributed by atoms with Gasteiger partial charge in [-0.25, -0.2) is 4.39 Å². The molecule has 0 aromatic heterocycles. The van der Waals surface area contributed by atoms with E-state index in [0.29, 0.717) is 6.54 Å². The topological polar surface area (TPSA) is 15.3 Å². The second-order valence-electron chi connectivity index (χ2n) is 4.97. The van der Waals surface area contributed by atoms with Gasteiger partial charge >= 0.3 is 0 Å². The molecule has 1 aromatic carbocycles. The molecule has 0 radical (unpaired) electrons. The van der Waals surface area contributed by atoms with Gasteiger partial charge in [0.1, 0.15) is 5.82 Å². The Labute approximate surface area is 116 Å². The van der Waals surface area contributed by atoms with E-state index in [1.165, 1.54) is 0 Å². The van der Waals surface area contributed by atoms with Crippen LogP contribution in [-0.4, -0.2) is 24.5 Å². The Hall–Kier alpha value is -1.19. The molecule has 0 aliphatic carbocycles. The molecule has 1 N–H and O–H groups in total. The zero-order valence-corrected chi connectivity index (χ0v) is 12.3. The minimum absolute atomic E-state index is 0.125. The van der Waals surface area contributed by atoms with E-state index in [1.54, 1.807) is 6.07 Å². The fourth-order valence-corrected chi connectivity index (χ4v) is 2.03. The summed E-state index contributed by atoms with van der Waals surface area (Å²) in [6, 6.07) is 5.37. The van der Waals surface area contributed by atoms with Crippen molar-refractivity contribution in [3.05, 3.63) is 47.3 Å². The predicted octanol–water partition coefficient (Wildman–Crippen LogP) is 3.33. The van der Waals surface area contributed by atoms with E-state index in [1.807, 2.05) is 19.1 Å². The lowest BCUT2D eigenvalue weighted by Crippen LogP contribution is -2.25. The van der Waals surface area contributed by atoms with Gasteiger partial charge in [-0.15, -0.1) is 0 Å². The van der Waals surface area contributed by atoms with Gasteiger partial charge in [0.05, 0.1) is 0 Å². The summed E-state index contributed by atoms with van der Waals surface area (Å²) in [6.45, 7) is 14.1. The molecule has 3 heteroatoms. The molecule has 0 saturated carbocycles. The van der Waals surface area contributed by atoms with Gasteiger partial charge in [-0.2, -0.15) is 0 Å². The average Bonchev–Trinajstić information content (AvgIpc) is 2.38. The van der Waals surface area contributed by atoms with Crippen LogP contribution in [0, 0.1) is 5.82 Å². The number of nitrogens with zero attached hydrogens (tertiary/aromatic N) is 1. The number of halogens is 1. The van der Waals surface area contributed by atoms with E-state index >= 15 is 0 Å². The minimum atomic E-state index is -0.125. The summed E-state index contributed by atoms with van der Waals surface area (Å²) in [5, 5.41) is 3.26. The monoisotopic (exact) mass is 264 g/mol. The van der Waals surface area contributed by atoms with Crippen molar-refractivity contribution < 1.29 is 4.39 Å². The first-order valence-corrected chi connectivity index (χ1v) is 6.91. The Kier molecular flexibility index (Phi) is 6.74. The third-order valence-electron chi connectivity index (χ3n) is 3.02. The molecule has 2 nitrogen and oxygen atoms in total. The van der Waals surface area contributed by atoms with E-state index < -0.39 is 0 Å². The molecule has 19 heavy (non-hydrogen) atoms. The van der Waals surface area contributed by atoms with Crippen LogP contribution in [0.15, 0.2) is 30.4 Å². The van der Waals surface area contributed by atoms with E-state index in [0.717, 1.165) is 42.9 Å². The predicted molar refractivity (Wildman–Crippen MR) is 79.5 cm³/mol. The van der Waals surface area contributed by atoms with Crippen LogP contribution in [0.3, 0.4) is 0 Å². The van der Waals surface area contributed by atoms with Gasteiger partial charge in [0.2, 0.25) is 0 Å². The quantitative estimate of drug-likeness (QED) is 0.725. The van der Waals surface area contributed by atoms with Crippen LogP contribution in [0.1, 0.15) is 31.9 Å². The van der Waals surface area contributed by atoms with E-state index in [-0.39, 0.29) is 5.82 Å². The molecule has 0 bridgehead atoms. The molecular formula is C16H25FN2. The van der Waals surface area contributed by atoms with Crippen molar-refractivity contribution in [1.29, 1.82) is 0 Å². The Bertz CT molecular complexity index is 415. The number of benzene rings is 1. The summed E-state index contributed by atoms with van der Waals surface area (Å²) in [4.78, 5) is 2.19. The molecular weight excluding hydrogens is 239 g/mol. The van der Waals surface area contributed by atoms with Gasteiger partial charge < -0.3 is 5.32 Å². The maximum Gasteiger partial charge on any atom is 0.127 e. The average molecular weight is 264 g/mol. The van der Waals surface area contributed by atoms with Gasteiger partial charge in [0.15, 0.2) is 0 Å². The molecule has 1 rings (SSSR count). The van der Waals surface area contributed by atoms with E-state index in [4.69, 9.17) is 0 Å². The lowest BCUT2D eigenvalue weighted by molar-refractivity contribution is 0.299. The van der Waals surface area contributed by atoms with E-state index in [2.05, 4.69) is 30.6 Å². The second-order valence-corrected chi connectivity index (χ2v) is 4.97. The lowest BCUT2D eigenvalue weighted by Gasteiger charge is -2.21. The molecule has 106 valence electrons. The first-order chi connectivity index (χ1) is 9.06. The first-order valence-electron chi connectivity index (χ1n) is 6.91. The highest BCUT2D eigenvalue weighted by atomic mass is 19.1. The van der Waals surface area contributed by atoms with Crippen LogP contribution in [-0.2, 0) is 13.1 Å². The Balaban J connectivity index is 2.77. The number of hydrogen-bond donors (Lipinski definition) is 1. The highest BCUT2D eigenvalue weighted by Crippen LogP contribution is 2.14. The summed E-state index contributed by atoms with van der Waals surface area (Å²) in [7, 11) is 0. The Morgan fingerprint density at radius 2 is 2.11 bits per heavy atom. The highest BCUT2D eigenvalue weighted by molar-refractivity contribution is 5.25. The molecule has 0 aliphatic rings. The van der Waals surface area contributed by atoms with Crippen molar-refractivity contribution in [2.75, 3.05) is 19.6 Å². The van der Waals surface area contributed by atoms with Crippen LogP contribution in [0.25, 0.3) is 0 Å². The third-order valence-corrected chi connectivity index (χ3v) is 3.02. The molecule has 0 amide bonds. The van der Waals surface area contributed by atoms with Gasteiger partial charge in [-0.05, 0) is 31.6 Å². The Morgan fingerprint density at radius 3 is 2.68 bits per heavy atom. The third kappa shape index (κ3) is 5.53. The van der Waals surface area contributed by atoms with Crippen LogP contribution >= 0.6 is 0 Å². The summed E-state index contributed by atoms with van der Waals surface area (Å²) >= 11 is 0. The molecule has 0 aliphatic heterocycles. The lowest BCUT2D eigenvalue weighted by atomic mass is 10.1. The number of hydrogen-bond acceptors (Lipinski definition) is 2. The van der Waals surface area contributed by atoms with Gasteiger partial charge in [0.25, 0.3) is 0 Å². The van der Waals surface area contributed by atoms with Gasteiger partial charge in [-0.1, -0.05) is 38.1 Å². The second kappa shape index (κ2) is 8.08. The smallest absolute Gasteiger partial charge is 0.127 e. The molecule has 0 atom stereocenters. The molecule has 0 saturated heterocycles. The summed E-state index contributed by atoms with van der Waals surface area (Å²) in [5.41, 5.74) is 2.99. The maximum atomic E-state index is 13.9. The Morgan fingerprint density at radius 1 is 1.37 bits per heavy atom. The maximum absolute atomic E-state index is 13.9. The van der Waals surface area contributed by atoms with Crippen molar-refractivity contribution in [1.82, 2.24) is 10.2 Å². The fourth-order valence-electron chi connectivity index (χ4n) is 2.03. The van der Waals surface area contributed by atoms with Crippen LogP contribution < -0.4 is 5.32 Å².